The van der Waals surface area contributed by atoms with E-state index in [1.807, 2.05) is 0 Å². The topological polar surface area (TPSA) is 63.3 Å². The minimum Gasteiger partial charge on any atom is -0.481 e. The summed E-state index contributed by atoms with van der Waals surface area (Å²) in [5.41, 5.74) is 5.30. The number of hydrogen-bond acceptors (Lipinski definition) is 2. The number of rotatable bonds is 3. The third kappa shape index (κ3) is 2.68. The number of benzene rings is 1. The Morgan fingerprint density at radius 2 is 2.13 bits per heavy atom. The van der Waals surface area contributed by atoms with Crippen molar-refractivity contribution in [3.05, 3.63) is 29.6 Å². The van der Waals surface area contributed by atoms with Gasteiger partial charge in [-0.05, 0) is 38.0 Å². The molecule has 1 rings (SSSR count). The molecule has 1 aromatic rings. The average molecular weight is 211 g/mol. The van der Waals surface area contributed by atoms with E-state index in [1.165, 1.54) is 12.1 Å². The van der Waals surface area contributed by atoms with Crippen LogP contribution in [0.25, 0.3) is 0 Å². The first-order valence-electron chi connectivity index (χ1n) is 4.60. The van der Waals surface area contributed by atoms with E-state index in [1.54, 1.807) is 19.9 Å². The summed E-state index contributed by atoms with van der Waals surface area (Å²) in [6.45, 7) is 3.24. The highest BCUT2D eigenvalue weighted by molar-refractivity contribution is 5.74. The molecule has 0 fully saturated rings. The maximum atomic E-state index is 12.8. The molecule has 0 amide bonds. The highest BCUT2D eigenvalue weighted by Gasteiger charge is 2.27. The fraction of sp³-hybridized carbons (Fsp3) is 0.364. The lowest BCUT2D eigenvalue weighted by Gasteiger charge is -2.19. The van der Waals surface area contributed by atoms with E-state index in [9.17, 15) is 9.18 Å². The number of nitrogen functional groups attached to an aromatic ring is 1. The lowest BCUT2D eigenvalue weighted by Crippen LogP contribution is -2.26. The van der Waals surface area contributed by atoms with Gasteiger partial charge < -0.3 is 10.8 Å². The van der Waals surface area contributed by atoms with Crippen LogP contribution in [0.4, 0.5) is 10.1 Å². The lowest BCUT2D eigenvalue weighted by atomic mass is 9.86. The normalized spacial score (nSPS) is 11.4. The maximum absolute atomic E-state index is 12.8. The first-order valence-corrected chi connectivity index (χ1v) is 4.60. The summed E-state index contributed by atoms with van der Waals surface area (Å²) in [6.07, 6.45) is 0.326. The third-order valence-electron chi connectivity index (χ3n) is 2.29. The molecule has 1 aromatic carbocycles. The summed E-state index contributed by atoms with van der Waals surface area (Å²) in [5, 5.41) is 8.92. The van der Waals surface area contributed by atoms with E-state index in [0.717, 1.165) is 5.56 Å². The van der Waals surface area contributed by atoms with Gasteiger partial charge in [-0.15, -0.1) is 0 Å². The van der Waals surface area contributed by atoms with Gasteiger partial charge in [0.25, 0.3) is 0 Å². The standard InChI is InChI=1S/C11H14FNO2/c1-11(2,10(14)15)6-7-3-4-8(12)9(13)5-7/h3-5H,6,13H2,1-2H3,(H,14,15). The van der Waals surface area contributed by atoms with Gasteiger partial charge in [0.05, 0.1) is 11.1 Å². The Bertz CT molecular complexity index is 388. The van der Waals surface area contributed by atoms with Gasteiger partial charge >= 0.3 is 5.97 Å². The zero-order valence-electron chi connectivity index (χ0n) is 8.75. The lowest BCUT2D eigenvalue weighted by molar-refractivity contribution is -0.146. The highest BCUT2D eigenvalue weighted by atomic mass is 19.1. The molecule has 0 aromatic heterocycles. The minimum absolute atomic E-state index is 0.0497. The van der Waals surface area contributed by atoms with Crippen LogP contribution < -0.4 is 5.73 Å². The third-order valence-corrected chi connectivity index (χ3v) is 2.29. The molecule has 0 atom stereocenters. The van der Waals surface area contributed by atoms with Crippen LogP contribution in [0.3, 0.4) is 0 Å². The molecule has 3 N–H and O–H groups in total. The number of carbonyl (C=O) groups is 1. The number of carboxylic acids is 1. The zero-order chi connectivity index (χ0) is 11.6. The molecule has 15 heavy (non-hydrogen) atoms. The fourth-order valence-electron chi connectivity index (χ4n) is 1.29. The van der Waals surface area contributed by atoms with Crippen molar-refractivity contribution in [2.45, 2.75) is 20.3 Å². The summed E-state index contributed by atoms with van der Waals surface area (Å²) < 4.78 is 12.8. The number of hydrogen-bond donors (Lipinski definition) is 2. The molecule has 0 radical (unpaired) electrons. The van der Waals surface area contributed by atoms with Crippen LogP contribution in [0.15, 0.2) is 18.2 Å². The molecular weight excluding hydrogens is 197 g/mol. The van der Waals surface area contributed by atoms with Crippen molar-refractivity contribution in [1.82, 2.24) is 0 Å². The largest absolute Gasteiger partial charge is 0.481 e. The summed E-state index contributed by atoms with van der Waals surface area (Å²) in [7, 11) is 0. The molecule has 0 saturated heterocycles. The number of anilines is 1. The summed E-state index contributed by atoms with van der Waals surface area (Å²) in [4.78, 5) is 10.9. The molecule has 0 aliphatic rings. The van der Waals surface area contributed by atoms with E-state index in [2.05, 4.69) is 0 Å². The summed E-state index contributed by atoms with van der Waals surface area (Å²) in [6, 6.07) is 4.28. The average Bonchev–Trinajstić information content (AvgIpc) is 2.10. The predicted octanol–water partition coefficient (Wildman–Crippen LogP) is 2.06. The molecule has 3 nitrogen and oxygen atoms in total. The second-order valence-corrected chi connectivity index (χ2v) is 4.22. The van der Waals surface area contributed by atoms with Crippen molar-refractivity contribution in [3.8, 4) is 0 Å². The zero-order valence-corrected chi connectivity index (χ0v) is 8.75. The predicted molar refractivity (Wildman–Crippen MR) is 55.9 cm³/mol. The smallest absolute Gasteiger partial charge is 0.309 e. The first-order chi connectivity index (χ1) is 6.83. The van der Waals surface area contributed by atoms with Crippen LogP contribution in [0.1, 0.15) is 19.4 Å². The molecule has 82 valence electrons. The maximum Gasteiger partial charge on any atom is 0.309 e. The van der Waals surface area contributed by atoms with Gasteiger partial charge in [-0.25, -0.2) is 4.39 Å². The Morgan fingerprint density at radius 1 is 1.53 bits per heavy atom. The Kier molecular flexibility index (Phi) is 2.98. The molecule has 0 bridgehead atoms. The molecule has 0 saturated carbocycles. The van der Waals surface area contributed by atoms with Crippen molar-refractivity contribution in [3.63, 3.8) is 0 Å². The van der Waals surface area contributed by atoms with Crippen LogP contribution in [0.5, 0.6) is 0 Å². The Balaban J connectivity index is 2.91. The van der Waals surface area contributed by atoms with Crippen LogP contribution >= 0.6 is 0 Å². The van der Waals surface area contributed by atoms with Crippen molar-refractivity contribution in [1.29, 1.82) is 0 Å². The highest BCUT2D eigenvalue weighted by Crippen LogP contribution is 2.23. The van der Waals surface area contributed by atoms with Crippen molar-refractivity contribution in [2.75, 3.05) is 5.73 Å². The van der Waals surface area contributed by atoms with E-state index in [0.29, 0.717) is 6.42 Å². The van der Waals surface area contributed by atoms with Gasteiger partial charge in [-0.1, -0.05) is 6.07 Å². The molecule has 0 unspecified atom stereocenters. The van der Waals surface area contributed by atoms with Gasteiger partial charge in [0.2, 0.25) is 0 Å². The van der Waals surface area contributed by atoms with E-state index in [4.69, 9.17) is 10.8 Å². The first kappa shape index (κ1) is 11.5. The van der Waals surface area contributed by atoms with Crippen LogP contribution in [-0.2, 0) is 11.2 Å². The number of nitrogens with two attached hydrogens (primary N) is 1. The number of carboxylic acid groups (broad SMARTS) is 1. The monoisotopic (exact) mass is 211 g/mol. The molecule has 0 aliphatic carbocycles. The van der Waals surface area contributed by atoms with Gasteiger partial charge in [-0.2, -0.15) is 0 Å². The molecular formula is C11H14FNO2. The van der Waals surface area contributed by atoms with Crippen molar-refractivity contribution in [2.24, 2.45) is 5.41 Å². The Labute approximate surface area is 87.7 Å². The quantitative estimate of drug-likeness (QED) is 0.752. The van der Waals surface area contributed by atoms with Crippen LogP contribution in [0, 0.1) is 11.2 Å². The molecule has 0 spiro atoms. The van der Waals surface area contributed by atoms with E-state index in [-0.39, 0.29) is 5.69 Å². The van der Waals surface area contributed by atoms with Crippen LogP contribution in [-0.4, -0.2) is 11.1 Å². The number of aliphatic carboxylic acids is 1. The van der Waals surface area contributed by atoms with E-state index >= 15 is 0 Å². The second kappa shape index (κ2) is 3.88. The Hall–Kier alpha value is -1.58. The molecule has 4 heteroatoms. The summed E-state index contributed by atoms with van der Waals surface area (Å²) >= 11 is 0. The van der Waals surface area contributed by atoms with Gasteiger partial charge in [-0.3, -0.25) is 4.79 Å². The van der Waals surface area contributed by atoms with Crippen molar-refractivity contribution >= 4 is 11.7 Å². The van der Waals surface area contributed by atoms with Gasteiger partial charge in [0, 0.05) is 0 Å². The summed E-state index contributed by atoms with van der Waals surface area (Å²) in [5.74, 6) is -1.36. The van der Waals surface area contributed by atoms with Gasteiger partial charge in [0.1, 0.15) is 5.82 Å². The SMILES string of the molecule is CC(C)(Cc1ccc(F)c(N)c1)C(=O)O. The van der Waals surface area contributed by atoms with Crippen LogP contribution in [0.2, 0.25) is 0 Å². The van der Waals surface area contributed by atoms with E-state index < -0.39 is 17.2 Å². The minimum atomic E-state index is -0.884. The fourth-order valence-corrected chi connectivity index (χ4v) is 1.29. The molecule has 0 heterocycles. The van der Waals surface area contributed by atoms with Crippen molar-refractivity contribution < 1.29 is 14.3 Å². The second-order valence-electron chi connectivity index (χ2n) is 4.22. The van der Waals surface area contributed by atoms with Gasteiger partial charge in [0.15, 0.2) is 0 Å². The Morgan fingerprint density at radius 3 is 2.60 bits per heavy atom. The number of halogens is 1. The molecule has 0 aliphatic heterocycles.